The lowest BCUT2D eigenvalue weighted by molar-refractivity contribution is -0.324. The Kier molecular flexibility index (Phi) is 6.07. The average Bonchev–Trinajstić information content (AvgIpc) is 2.51. The summed E-state index contributed by atoms with van der Waals surface area (Å²) in [5.41, 5.74) is 5.71. The molecule has 22 heavy (non-hydrogen) atoms. The fourth-order valence-corrected chi connectivity index (χ4v) is 2.52. The van der Waals surface area contributed by atoms with Gasteiger partial charge in [0.1, 0.15) is 36.6 Å². The van der Waals surface area contributed by atoms with E-state index in [9.17, 15) is 20.4 Å². The molecule has 10 heteroatoms. The molecule has 0 aromatic carbocycles. The van der Waals surface area contributed by atoms with Crippen molar-refractivity contribution < 1.29 is 44.5 Å². The Balaban J connectivity index is 2.04. The molecule has 0 aromatic heterocycles. The molecular formula is C12H23NO9. The topological polar surface area (TPSA) is 164 Å². The van der Waals surface area contributed by atoms with Gasteiger partial charge in [0, 0.05) is 7.11 Å². The van der Waals surface area contributed by atoms with Crippen LogP contribution in [0.4, 0.5) is 0 Å². The molecule has 2 saturated heterocycles. The highest BCUT2D eigenvalue weighted by molar-refractivity contribution is 4.94. The fraction of sp³-hybridized carbons (Fsp3) is 1.00. The molecule has 0 spiro atoms. The lowest BCUT2D eigenvalue weighted by Gasteiger charge is -2.44. The molecule has 9 atom stereocenters. The van der Waals surface area contributed by atoms with Gasteiger partial charge in [-0.05, 0) is 0 Å². The summed E-state index contributed by atoms with van der Waals surface area (Å²) in [6, 6.07) is -1.12. The normalized spacial score (nSPS) is 50.0. The molecule has 0 aliphatic carbocycles. The Morgan fingerprint density at radius 1 is 1.14 bits per heavy atom. The van der Waals surface area contributed by atoms with Crippen molar-refractivity contribution >= 4 is 0 Å². The van der Waals surface area contributed by atoms with E-state index >= 15 is 0 Å². The van der Waals surface area contributed by atoms with Gasteiger partial charge in [0.2, 0.25) is 0 Å². The van der Waals surface area contributed by atoms with Gasteiger partial charge in [0.25, 0.3) is 0 Å². The van der Waals surface area contributed by atoms with Crippen molar-refractivity contribution in [1.29, 1.82) is 0 Å². The summed E-state index contributed by atoms with van der Waals surface area (Å²) in [4.78, 5) is 0. The summed E-state index contributed by atoms with van der Waals surface area (Å²) < 4.78 is 20.6. The third kappa shape index (κ3) is 3.41. The Hall–Kier alpha value is -0.400. The molecule has 0 saturated carbocycles. The van der Waals surface area contributed by atoms with Gasteiger partial charge in [0.05, 0.1) is 19.3 Å². The zero-order chi connectivity index (χ0) is 16.4. The summed E-state index contributed by atoms with van der Waals surface area (Å²) in [5.74, 6) is 0. The zero-order valence-electron chi connectivity index (χ0n) is 12.1. The highest BCUT2D eigenvalue weighted by Crippen LogP contribution is 2.26. The molecular weight excluding hydrogens is 302 g/mol. The molecule has 2 rings (SSSR count). The largest absolute Gasteiger partial charge is 0.394 e. The van der Waals surface area contributed by atoms with Crippen LogP contribution in [0, 0.1) is 0 Å². The number of methoxy groups -OCH3 is 1. The third-order valence-electron chi connectivity index (χ3n) is 3.95. The fourth-order valence-electron chi connectivity index (χ4n) is 2.52. The van der Waals surface area contributed by atoms with Gasteiger partial charge in [-0.1, -0.05) is 0 Å². The van der Waals surface area contributed by atoms with Crippen LogP contribution in [0.5, 0.6) is 0 Å². The Bertz CT molecular complexity index is 359. The smallest absolute Gasteiger partial charge is 0.186 e. The minimum absolute atomic E-state index is 0.0278. The molecule has 2 aliphatic rings. The zero-order valence-corrected chi connectivity index (χ0v) is 12.1. The van der Waals surface area contributed by atoms with Gasteiger partial charge in [-0.2, -0.15) is 0 Å². The molecule has 0 bridgehead atoms. The second-order valence-corrected chi connectivity index (χ2v) is 5.37. The lowest BCUT2D eigenvalue weighted by Crippen LogP contribution is -2.65. The minimum Gasteiger partial charge on any atom is -0.394 e. The summed E-state index contributed by atoms with van der Waals surface area (Å²) >= 11 is 0. The second-order valence-electron chi connectivity index (χ2n) is 5.37. The molecule has 0 radical (unpaired) electrons. The average molecular weight is 325 g/mol. The van der Waals surface area contributed by atoms with Gasteiger partial charge in [-0.25, -0.2) is 0 Å². The van der Waals surface area contributed by atoms with Gasteiger partial charge in [-0.15, -0.1) is 0 Å². The van der Waals surface area contributed by atoms with Crippen molar-refractivity contribution in [2.24, 2.45) is 5.73 Å². The number of aliphatic hydroxyl groups is 5. The second kappa shape index (κ2) is 7.45. The molecule has 10 nitrogen and oxygen atoms in total. The minimum atomic E-state index is -1.46. The predicted octanol–water partition coefficient (Wildman–Crippen LogP) is -4.14. The van der Waals surface area contributed by atoms with Gasteiger partial charge in [-0.3, -0.25) is 0 Å². The maximum Gasteiger partial charge on any atom is 0.186 e. The molecule has 0 aromatic rings. The highest BCUT2D eigenvalue weighted by atomic mass is 16.7. The van der Waals surface area contributed by atoms with Crippen molar-refractivity contribution in [1.82, 2.24) is 0 Å². The van der Waals surface area contributed by atoms with E-state index in [1.165, 1.54) is 7.11 Å². The first kappa shape index (κ1) is 17.9. The molecule has 9 unspecified atom stereocenters. The quantitative estimate of drug-likeness (QED) is 0.299. The van der Waals surface area contributed by atoms with Crippen LogP contribution in [0.15, 0.2) is 0 Å². The van der Waals surface area contributed by atoms with E-state index in [1.54, 1.807) is 0 Å². The van der Waals surface area contributed by atoms with E-state index in [1.807, 2.05) is 0 Å². The Morgan fingerprint density at radius 3 is 2.41 bits per heavy atom. The van der Waals surface area contributed by atoms with E-state index < -0.39 is 61.9 Å². The number of nitrogens with two attached hydrogens (primary N) is 1. The molecule has 0 amide bonds. The van der Waals surface area contributed by atoms with Crippen molar-refractivity contribution in [3.8, 4) is 0 Å². The van der Waals surface area contributed by atoms with Crippen LogP contribution in [-0.4, -0.2) is 101 Å². The molecule has 2 fully saturated rings. The lowest BCUT2D eigenvalue weighted by atomic mass is 9.97. The van der Waals surface area contributed by atoms with E-state index in [0.717, 1.165) is 0 Å². The van der Waals surface area contributed by atoms with E-state index in [4.69, 9.17) is 29.8 Å². The highest BCUT2D eigenvalue weighted by Gasteiger charge is 2.47. The molecule has 130 valence electrons. The van der Waals surface area contributed by atoms with Crippen molar-refractivity contribution in [3.05, 3.63) is 0 Å². The maximum absolute atomic E-state index is 10.1. The van der Waals surface area contributed by atoms with Crippen LogP contribution in [0.1, 0.15) is 0 Å². The summed E-state index contributed by atoms with van der Waals surface area (Å²) in [5, 5.41) is 48.7. The molecule has 2 heterocycles. The van der Waals surface area contributed by atoms with E-state index in [2.05, 4.69) is 0 Å². The van der Waals surface area contributed by atoms with Crippen molar-refractivity contribution in [2.45, 2.75) is 55.2 Å². The first-order valence-electron chi connectivity index (χ1n) is 6.94. The van der Waals surface area contributed by atoms with Crippen LogP contribution in [0.2, 0.25) is 0 Å². The van der Waals surface area contributed by atoms with Crippen LogP contribution < -0.4 is 5.73 Å². The Labute approximate surface area is 127 Å². The number of aliphatic hydroxyl groups excluding tert-OH is 5. The van der Waals surface area contributed by atoms with Crippen molar-refractivity contribution in [3.63, 3.8) is 0 Å². The van der Waals surface area contributed by atoms with Crippen molar-refractivity contribution in [2.75, 3.05) is 20.3 Å². The van der Waals surface area contributed by atoms with Crippen LogP contribution >= 0.6 is 0 Å². The first-order valence-corrected chi connectivity index (χ1v) is 6.94. The van der Waals surface area contributed by atoms with Crippen LogP contribution in [0.25, 0.3) is 0 Å². The van der Waals surface area contributed by atoms with Gasteiger partial charge >= 0.3 is 0 Å². The van der Waals surface area contributed by atoms with Gasteiger partial charge in [0.15, 0.2) is 12.6 Å². The number of hydrogen-bond donors (Lipinski definition) is 6. The molecule has 7 N–H and O–H groups in total. The standard InChI is InChI=1S/C12H23NO9/c1-19-5-3-20-12(9(17)7(5)15)22-10-6(13)11(18)21-4(2-14)8(10)16/h4-12,14-18H,2-3,13H2,1H3. The molecule has 2 aliphatic heterocycles. The summed E-state index contributed by atoms with van der Waals surface area (Å²) in [6.45, 7) is -0.576. The van der Waals surface area contributed by atoms with Gasteiger partial charge < -0.3 is 50.2 Å². The number of ether oxygens (including phenoxy) is 4. The number of rotatable bonds is 4. The summed E-state index contributed by atoms with van der Waals surface area (Å²) in [6.07, 6.45) is -9.68. The summed E-state index contributed by atoms with van der Waals surface area (Å²) in [7, 11) is 1.37. The Morgan fingerprint density at radius 2 is 1.82 bits per heavy atom. The van der Waals surface area contributed by atoms with E-state index in [-0.39, 0.29) is 6.61 Å². The van der Waals surface area contributed by atoms with E-state index in [0.29, 0.717) is 0 Å². The maximum atomic E-state index is 10.1. The SMILES string of the molecule is COC1COC(OC2C(N)C(O)OC(CO)C2O)C(O)C1O. The van der Waals surface area contributed by atoms with Crippen LogP contribution in [-0.2, 0) is 18.9 Å². The monoisotopic (exact) mass is 325 g/mol. The predicted molar refractivity (Wildman–Crippen MR) is 69.4 cm³/mol. The van der Waals surface area contributed by atoms with Crippen LogP contribution in [0.3, 0.4) is 0 Å². The number of hydrogen-bond acceptors (Lipinski definition) is 10. The third-order valence-corrected chi connectivity index (χ3v) is 3.95. The first-order chi connectivity index (χ1) is 10.4.